The molecule has 1 aliphatic carbocycles. The number of rotatable bonds is 3. The number of carbonyl (C=O) groups is 1. The molecule has 0 bridgehead atoms. The minimum atomic E-state index is -3.75. The van der Waals surface area contributed by atoms with Gasteiger partial charge in [0.25, 0.3) is 10.0 Å². The fraction of sp³-hybridized carbons (Fsp3) is 0.500. The number of amides is 1. The van der Waals surface area contributed by atoms with Gasteiger partial charge >= 0.3 is 0 Å². The fourth-order valence-electron chi connectivity index (χ4n) is 4.04. The molecule has 1 saturated heterocycles. The van der Waals surface area contributed by atoms with Crippen LogP contribution < -0.4 is 5.32 Å². The molecule has 8 heteroatoms. The summed E-state index contributed by atoms with van der Waals surface area (Å²) < 4.78 is 29.4. The number of likely N-dealkylation sites (tertiary alicyclic amines) is 1. The van der Waals surface area contributed by atoms with E-state index in [2.05, 4.69) is 9.71 Å². The Morgan fingerprint density at radius 1 is 1.21 bits per heavy atom. The van der Waals surface area contributed by atoms with Gasteiger partial charge in [-0.1, -0.05) is 30.2 Å². The quantitative estimate of drug-likeness (QED) is 0.812. The Morgan fingerprint density at radius 2 is 1.93 bits per heavy atom. The number of sulfonamides is 1. The van der Waals surface area contributed by atoms with Crippen molar-refractivity contribution in [3.8, 4) is 0 Å². The first kappa shape index (κ1) is 19.5. The van der Waals surface area contributed by atoms with E-state index in [-0.39, 0.29) is 22.8 Å². The molecule has 2 aliphatic heterocycles. The van der Waals surface area contributed by atoms with Gasteiger partial charge in [0.05, 0.1) is 0 Å². The van der Waals surface area contributed by atoms with Crippen molar-refractivity contribution in [1.29, 1.82) is 0 Å². The van der Waals surface area contributed by atoms with Crippen LogP contribution in [0.4, 0.5) is 0 Å². The van der Waals surface area contributed by atoms with E-state index in [1.54, 1.807) is 31.2 Å². The van der Waals surface area contributed by atoms with Crippen molar-refractivity contribution in [3.05, 3.63) is 40.4 Å². The van der Waals surface area contributed by atoms with Crippen LogP contribution in [0.3, 0.4) is 0 Å². The van der Waals surface area contributed by atoms with Gasteiger partial charge in [-0.05, 0) is 50.3 Å². The van der Waals surface area contributed by atoms with E-state index in [0.29, 0.717) is 35.1 Å². The highest BCUT2D eigenvalue weighted by Crippen LogP contribution is 2.35. The van der Waals surface area contributed by atoms with Crippen molar-refractivity contribution < 1.29 is 13.2 Å². The Labute approximate surface area is 170 Å². The van der Waals surface area contributed by atoms with Gasteiger partial charge in [-0.15, -0.1) is 4.40 Å². The lowest BCUT2D eigenvalue weighted by atomic mass is 9.84. The number of benzene rings is 1. The second-order valence-electron chi connectivity index (χ2n) is 7.75. The van der Waals surface area contributed by atoms with Crippen LogP contribution in [0.1, 0.15) is 44.6 Å². The Balaban J connectivity index is 1.47. The van der Waals surface area contributed by atoms with E-state index in [0.717, 1.165) is 32.1 Å². The molecule has 0 aromatic heterocycles. The summed E-state index contributed by atoms with van der Waals surface area (Å²) in [6.45, 7) is 3.14. The summed E-state index contributed by atoms with van der Waals surface area (Å²) in [5.41, 5.74) is 1.21. The molecule has 1 saturated carbocycles. The van der Waals surface area contributed by atoms with Gasteiger partial charge in [-0.2, -0.15) is 8.42 Å². The molecule has 0 radical (unpaired) electrons. The maximum absolute atomic E-state index is 12.7. The molecule has 28 heavy (non-hydrogen) atoms. The summed E-state index contributed by atoms with van der Waals surface area (Å²) in [6.07, 6.45) is 4.71. The van der Waals surface area contributed by atoms with Crippen molar-refractivity contribution in [3.63, 3.8) is 0 Å². The molecule has 2 heterocycles. The molecule has 0 atom stereocenters. The van der Waals surface area contributed by atoms with E-state index in [4.69, 9.17) is 11.6 Å². The Hall–Kier alpha value is -1.86. The lowest BCUT2D eigenvalue weighted by Crippen LogP contribution is -2.48. The summed E-state index contributed by atoms with van der Waals surface area (Å²) >= 11 is 6.04. The predicted octanol–water partition coefficient (Wildman–Crippen LogP) is 3.19. The minimum absolute atomic E-state index is 0.152. The summed E-state index contributed by atoms with van der Waals surface area (Å²) in [5.74, 6) is 0.872. The highest BCUT2D eigenvalue weighted by molar-refractivity contribution is 8.00. The number of hydrogen-bond donors (Lipinski definition) is 1. The molecule has 6 nitrogen and oxygen atoms in total. The van der Waals surface area contributed by atoms with Crippen molar-refractivity contribution >= 4 is 38.3 Å². The first-order chi connectivity index (χ1) is 13.3. The monoisotopic (exact) mass is 421 g/mol. The van der Waals surface area contributed by atoms with Gasteiger partial charge in [-0.25, -0.2) is 0 Å². The molecule has 2 fully saturated rings. The molecule has 1 aromatic carbocycles. The molecule has 0 unspecified atom stereocenters. The van der Waals surface area contributed by atoms with Crippen LogP contribution in [0.15, 0.2) is 34.2 Å². The van der Waals surface area contributed by atoms with E-state index in [1.807, 2.05) is 4.90 Å². The topological polar surface area (TPSA) is 78.8 Å². The molecule has 150 valence electrons. The normalized spacial score (nSPS) is 22.8. The third kappa shape index (κ3) is 3.70. The van der Waals surface area contributed by atoms with Gasteiger partial charge in [0.15, 0.2) is 0 Å². The van der Waals surface area contributed by atoms with Gasteiger partial charge in [0.2, 0.25) is 5.91 Å². The number of amidine groups is 1. The van der Waals surface area contributed by atoms with Gasteiger partial charge in [-0.3, -0.25) is 4.79 Å². The van der Waals surface area contributed by atoms with Crippen molar-refractivity contribution in [2.24, 2.45) is 10.3 Å². The smallest absolute Gasteiger partial charge is 0.285 e. The van der Waals surface area contributed by atoms with Crippen LogP contribution in [0, 0.1) is 5.92 Å². The molecular weight excluding hydrogens is 398 g/mol. The van der Waals surface area contributed by atoms with Gasteiger partial charge in [0.1, 0.15) is 10.7 Å². The summed E-state index contributed by atoms with van der Waals surface area (Å²) in [5, 5.41) is 3.64. The average Bonchev–Trinajstić information content (AvgIpc) is 2.83. The summed E-state index contributed by atoms with van der Waals surface area (Å²) in [7, 11) is -3.75. The Bertz CT molecular complexity index is 959. The molecule has 1 aromatic rings. The molecular formula is C20H24ClN3O3S. The maximum atomic E-state index is 12.7. The summed E-state index contributed by atoms with van der Waals surface area (Å²) in [4.78, 5) is 14.4. The number of piperidine rings is 1. The van der Waals surface area contributed by atoms with Gasteiger partial charge < -0.3 is 10.2 Å². The van der Waals surface area contributed by atoms with Crippen LogP contribution in [0.2, 0.25) is 5.02 Å². The lowest BCUT2D eigenvalue weighted by Gasteiger charge is -2.35. The number of carbonyl (C=O) groups excluding carboxylic acids is 1. The predicted molar refractivity (Wildman–Crippen MR) is 110 cm³/mol. The van der Waals surface area contributed by atoms with E-state index in [9.17, 15) is 13.2 Å². The highest BCUT2D eigenvalue weighted by atomic mass is 35.5. The first-order valence-electron chi connectivity index (χ1n) is 9.72. The Kier molecular flexibility index (Phi) is 5.22. The molecule has 1 N–H and O–H groups in total. The molecule has 3 aliphatic rings. The molecule has 4 rings (SSSR count). The largest absolute Gasteiger partial charge is 0.356 e. The number of halogens is 1. The average molecular weight is 422 g/mol. The second-order valence-corrected chi connectivity index (χ2v) is 9.73. The lowest BCUT2D eigenvalue weighted by molar-refractivity contribution is -0.128. The van der Waals surface area contributed by atoms with Crippen LogP contribution in [0.5, 0.6) is 0 Å². The minimum Gasteiger partial charge on any atom is -0.356 e. The zero-order valence-electron chi connectivity index (χ0n) is 15.8. The first-order valence-corrected chi connectivity index (χ1v) is 11.5. The van der Waals surface area contributed by atoms with Crippen LogP contribution in [-0.4, -0.2) is 44.2 Å². The third-order valence-corrected chi connectivity index (χ3v) is 7.55. The summed E-state index contributed by atoms with van der Waals surface area (Å²) in [6, 6.07) is 7.00. The number of hydrogen-bond acceptors (Lipinski definition) is 4. The van der Waals surface area contributed by atoms with Crippen LogP contribution >= 0.6 is 11.6 Å². The Morgan fingerprint density at radius 3 is 2.54 bits per heavy atom. The second kappa shape index (κ2) is 7.52. The van der Waals surface area contributed by atoms with Gasteiger partial charge in [0, 0.05) is 35.6 Å². The van der Waals surface area contributed by atoms with Crippen molar-refractivity contribution in [1.82, 2.24) is 10.2 Å². The van der Waals surface area contributed by atoms with Crippen molar-refractivity contribution in [2.75, 3.05) is 13.1 Å². The third-order valence-electron chi connectivity index (χ3n) is 5.84. The zero-order valence-corrected chi connectivity index (χ0v) is 17.4. The van der Waals surface area contributed by atoms with Crippen LogP contribution in [0.25, 0.3) is 4.91 Å². The number of nitrogens with one attached hydrogen (secondary N) is 1. The molecule has 1 amide bonds. The standard InChI is InChI=1S/C20H24ClN3O3S/c1-13-18(15-6-3-7-16(21)12-15)28(26,27)23-19(13)24-10-8-17(9-11-24)22-20(25)14-4-2-5-14/h3,6-7,12,14,17H,2,4-5,8-11H2,1H3,(H,22,25). The van der Waals surface area contributed by atoms with Crippen molar-refractivity contribution in [2.45, 2.75) is 45.1 Å². The zero-order chi connectivity index (χ0) is 19.9. The molecule has 0 spiro atoms. The van der Waals surface area contributed by atoms with E-state index < -0.39 is 10.0 Å². The van der Waals surface area contributed by atoms with Crippen LogP contribution in [-0.2, 0) is 14.8 Å². The van der Waals surface area contributed by atoms with E-state index >= 15 is 0 Å². The maximum Gasteiger partial charge on any atom is 0.285 e. The van der Waals surface area contributed by atoms with E-state index in [1.165, 1.54) is 0 Å². The SMILES string of the molecule is CC1=C(c2cccc(Cl)c2)S(=O)(=O)N=C1N1CCC(NC(=O)C2CCC2)CC1. The number of nitrogens with zero attached hydrogens (tertiary/aromatic N) is 2. The fourth-order valence-corrected chi connectivity index (χ4v) is 5.70. The highest BCUT2D eigenvalue weighted by Gasteiger charge is 2.35.